The molecule has 0 bridgehead atoms. The zero-order valence-electron chi connectivity index (χ0n) is 14.4. The average Bonchev–Trinajstić information content (AvgIpc) is 3.09. The van der Waals surface area contributed by atoms with Gasteiger partial charge in [-0.25, -0.2) is 4.98 Å². The summed E-state index contributed by atoms with van der Waals surface area (Å²) in [6.45, 7) is 4.06. The van der Waals surface area contributed by atoms with E-state index in [0.717, 1.165) is 29.9 Å². The largest absolute Gasteiger partial charge is 0.378 e. The van der Waals surface area contributed by atoms with E-state index in [2.05, 4.69) is 21.3 Å². The fraction of sp³-hybridized carbons (Fsp3) is 0.400. The Labute approximate surface area is 148 Å². The van der Waals surface area contributed by atoms with E-state index in [9.17, 15) is 4.79 Å². The van der Waals surface area contributed by atoms with Gasteiger partial charge in [-0.2, -0.15) is 0 Å². The topological polar surface area (TPSA) is 48.5 Å². The molecule has 1 aromatic heterocycles. The third kappa shape index (κ3) is 3.37. The van der Waals surface area contributed by atoms with Crippen LogP contribution in [0, 0.1) is 0 Å². The monoisotopic (exact) mass is 336 g/mol. The maximum atomic E-state index is 13.1. The van der Waals surface area contributed by atoms with E-state index in [1.54, 1.807) is 11.1 Å². The van der Waals surface area contributed by atoms with E-state index < -0.39 is 0 Å². The van der Waals surface area contributed by atoms with Gasteiger partial charge in [0.15, 0.2) is 5.82 Å². The molecule has 5 nitrogen and oxygen atoms in total. The summed E-state index contributed by atoms with van der Waals surface area (Å²) in [5.74, 6) is 0.828. The summed E-state index contributed by atoms with van der Waals surface area (Å²) < 4.78 is 0. The van der Waals surface area contributed by atoms with Crippen molar-refractivity contribution in [3.8, 4) is 0 Å². The lowest BCUT2D eigenvalue weighted by Gasteiger charge is -2.23. The quantitative estimate of drug-likeness (QED) is 0.928. The summed E-state index contributed by atoms with van der Waals surface area (Å²) in [7, 11) is 0. The first-order valence-electron chi connectivity index (χ1n) is 9.15. The predicted octanol–water partition coefficient (Wildman–Crippen LogP) is 3.55. The molecule has 0 aliphatic carbocycles. The van der Waals surface area contributed by atoms with Gasteiger partial charge >= 0.3 is 0 Å². The van der Waals surface area contributed by atoms with E-state index in [1.807, 2.05) is 30.3 Å². The number of nitrogens with one attached hydrogen (secondary N) is 1. The van der Waals surface area contributed by atoms with Crippen molar-refractivity contribution >= 4 is 23.1 Å². The lowest BCUT2D eigenvalue weighted by atomic mass is 10.1. The second kappa shape index (κ2) is 7.23. The summed E-state index contributed by atoms with van der Waals surface area (Å²) in [5.41, 5.74) is 2.97. The summed E-state index contributed by atoms with van der Waals surface area (Å²) in [4.78, 5) is 21.8. The minimum absolute atomic E-state index is 0.121. The summed E-state index contributed by atoms with van der Waals surface area (Å²) in [6.07, 6.45) is 5.76. The molecule has 25 heavy (non-hydrogen) atoms. The molecule has 1 amide bonds. The Morgan fingerprint density at radius 1 is 1.12 bits per heavy atom. The Hall–Kier alpha value is -2.40. The number of hydrogen-bond donors (Lipinski definition) is 1. The third-order valence-electron chi connectivity index (χ3n) is 5.01. The van der Waals surface area contributed by atoms with E-state index in [-0.39, 0.29) is 5.91 Å². The molecule has 0 atom stereocenters. The van der Waals surface area contributed by atoms with Crippen molar-refractivity contribution in [1.29, 1.82) is 0 Å². The van der Waals surface area contributed by atoms with Crippen LogP contribution in [0.1, 0.15) is 31.2 Å². The SMILES string of the molecule is O=C(CCCN1CCCC1)N1c2ccccc2CNc2cccnc21. The first kappa shape index (κ1) is 16.1. The minimum Gasteiger partial charge on any atom is -0.378 e. The Kier molecular flexibility index (Phi) is 4.65. The number of nitrogens with zero attached hydrogens (tertiary/aromatic N) is 3. The predicted molar refractivity (Wildman–Crippen MR) is 100 cm³/mol. The molecule has 1 aromatic carbocycles. The van der Waals surface area contributed by atoms with E-state index in [1.165, 1.54) is 25.9 Å². The van der Waals surface area contributed by atoms with Crippen LogP contribution in [0.15, 0.2) is 42.6 Å². The highest BCUT2D eigenvalue weighted by Crippen LogP contribution is 2.36. The molecule has 2 aliphatic rings. The number of pyridine rings is 1. The third-order valence-corrected chi connectivity index (χ3v) is 5.01. The molecule has 2 aromatic rings. The van der Waals surface area contributed by atoms with Crippen LogP contribution < -0.4 is 10.2 Å². The van der Waals surface area contributed by atoms with Crippen LogP contribution in [-0.4, -0.2) is 35.4 Å². The number of carbonyl (C=O) groups is 1. The van der Waals surface area contributed by atoms with Crippen molar-refractivity contribution < 1.29 is 4.79 Å². The molecule has 1 N–H and O–H groups in total. The van der Waals surface area contributed by atoms with E-state index in [4.69, 9.17) is 0 Å². The zero-order chi connectivity index (χ0) is 17.1. The molecule has 5 heteroatoms. The number of aromatic nitrogens is 1. The second-order valence-electron chi connectivity index (χ2n) is 6.74. The van der Waals surface area contributed by atoms with Gasteiger partial charge < -0.3 is 10.2 Å². The lowest BCUT2D eigenvalue weighted by Crippen LogP contribution is -2.28. The average molecular weight is 336 g/mol. The first-order chi connectivity index (χ1) is 12.3. The van der Waals surface area contributed by atoms with Gasteiger partial charge in [0.25, 0.3) is 0 Å². The highest BCUT2D eigenvalue weighted by Gasteiger charge is 2.26. The van der Waals surface area contributed by atoms with Crippen LogP contribution in [0.5, 0.6) is 0 Å². The molecule has 1 fully saturated rings. The number of rotatable bonds is 4. The Bertz CT molecular complexity index is 707. The number of likely N-dealkylation sites (tertiary alicyclic amines) is 1. The number of carbonyl (C=O) groups excluding carboxylic acids is 1. The highest BCUT2D eigenvalue weighted by molar-refractivity contribution is 6.03. The van der Waals surface area contributed by atoms with Gasteiger partial charge in [-0.05, 0) is 62.7 Å². The van der Waals surface area contributed by atoms with Crippen LogP contribution in [0.25, 0.3) is 0 Å². The number of benzene rings is 1. The highest BCUT2D eigenvalue weighted by atomic mass is 16.2. The molecular weight excluding hydrogens is 312 g/mol. The van der Waals surface area contributed by atoms with Gasteiger partial charge in [0.2, 0.25) is 5.91 Å². The number of amides is 1. The van der Waals surface area contributed by atoms with Gasteiger partial charge in [0.05, 0.1) is 11.4 Å². The Balaban J connectivity index is 1.57. The summed E-state index contributed by atoms with van der Waals surface area (Å²) in [5, 5.41) is 3.40. The molecule has 0 unspecified atom stereocenters. The molecule has 3 heterocycles. The van der Waals surface area contributed by atoms with Crippen molar-refractivity contribution in [2.24, 2.45) is 0 Å². The number of para-hydroxylation sites is 1. The van der Waals surface area contributed by atoms with Crippen molar-refractivity contribution in [3.05, 3.63) is 48.2 Å². The molecule has 2 aliphatic heterocycles. The fourth-order valence-corrected chi connectivity index (χ4v) is 3.72. The van der Waals surface area contributed by atoms with Crippen LogP contribution in [0.2, 0.25) is 0 Å². The Morgan fingerprint density at radius 2 is 1.96 bits per heavy atom. The molecule has 0 spiro atoms. The maximum absolute atomic E-state index is 13.1. The number of fused-ring (bicyclic) bond motifs is 2. The summed E-state index contributed by atoms with van der Waals surface area (Å²) in [6, 6.07) is 12.0. The lowest BCUT2D eigenvalue weighted by molar-refractivity contribution is -0.118. The van der Waals surface area contributed by atoms with E-state index in [0.29, 0.717) is 18.8 Å². The van der Waals surface area contributed by atoms with Crippen molar-refractivity contribution in [2.75, 3.05) is 29.9 Å². The van der Waals surface area contributed by atoms with Crippen LogP contribution in [0.3, 0.4) is 0 Å². The van der Waals surface area contributed by atoms with E-state index >= 15 is 0 Å². The molecule has 130 valence electrons. The van der Waals surface area contributed by atoms with Gasteiger partial charge in [-0.1, -0.05) is 18.2 Å². The van der Waals surface area contributed by atoms with Gasteiger partial charge in [0.1, 0.15) is 0 Å². The van der Waals surface area contributed by atoms with Crippen LogP contribution in [0.4, 0.5) is 17.2 Å². The second-order valence-corrected chi connectivity index (χ2v) is 6.74. The molecule has 1 saturated heterocycles. The fourth-order valence-electron chi connectivity index (χ4n) is 3.72. The van der Waals surface area contributed by atoms with Gasteiger partial charge in [-0.15, -0.1) is 0 Å². The number of hydrogen-bond acceptors (Lipinski definition) is 4. The minimum atomic E-state index is 0.121. The molecule has 0 saturated carbocycles. The van der Waals surface area contributed by atoms with Crippen molar-refractivity contribution in [3.63, 3.8) is 0 Å². The smallest absolute Gasteiger partial charge is 0.232 e. The number of anilines is 3. The first-order valence-corrected chi connectivity index (χ1v) is 9.15. The van der Waals surface area contributed by atoms with Gasteiger partial charge in [0, 0.05) is 19.2 Å². The van der Waals surface area contributed by atoms with Crippen LogP contribution >= 0.6 is 0 Å². The summed E-state index contributed by atoms with van der Waals surface area (Å²) >= 11 is 0. The standard InChI is InChI=1S/C20H24N4O/c25-19(10-6-14-23-12-3-4-13-23)24-18-9-2-1-7-16(18)15-22-17-8-5-11-21-20(17)24/h1-2,5,7-9,11,22H,3-4,6,10,12-15H2. The van der Waals surface area contributed by atoms with Gasteiger partial charge in [-0.3, -0.25) is 9.69 Å². The molecular formula is C20H24N4O. The molecule has 4 rings (SSSR count). The van der Waals surface area contributed by atoms with Crippen molar-refractivity contribution in [2.45, 2.75) is 32.2 Å². The molecule has 0 radical (unpaired) electrons. The zero-order valence-corrected chi connectivity index (χ0v) is 14.4. The van der Waals surface area contributed by atoms with Crippen molar-refractivity contribution in [1.82, 2.24) is 9.88 Å². The normalized spacial score (nSPS) is 16.7. The van der Waals surface area contributed by atoms with Crippen LogP contribution in [-0.2, 0) is 11.3 Å². The Morgan fingerprint density at radius 3 is 2.84 bits per heavy atom. The maximum Gasteiger partial charge on any atom is 0.232 e.